The Kier molecular flexibility index (Phi) is 6.38. The van der Waals surface area contributed by atoms with Gasteiger partial charge in [-0.3, -0.25) is 0 Å². The zero-order chi connectivity index (χ0) is 14.2. The quantitative estimate of drug-likeness (QED) is 0.729. The fraction of sp³-hybridized carbons (Fsp3) is 0.667. The second-order valence-corrected chi connectivity index (χ2v) is 5.99. The van der Waals surface area contributed by atoms with Crippen LogP contribution >= 0.6 is 0 Å². The van der Waals surface area contributed by atoms with E-state index in [0.717, 1.165) is 13.1 Å². The van der Waals surface area contributed by atoms with Crippen molar-refractivity contribution in [2.75, 3.05) is 11.9 Å². The van der Waals surface area contributed by atoms with Crippen LogP contribution in [0.5, 0.6) is 0 Å². The second-order valence-electron chi connectivity index (χ2n) is 5.99. The largest absolute Gasteiger partial charge is 0.385 e. The predicted octanol–water partition coefficient (Wildman–Crippen LogP) is 4.49. The number of nitrogens with one attached hydrogen (secondary N) is 2. The molecule has 2 rings (SSSR count). The van der Waals surface area contributed by atoms with Crippen LogP contribution in [0.25, 0.3) is 0 Å². The summed E-state index contributed by atoms with van der Waals surface area (Å²) in [6.45, 7) is 6.69. The van der Waals surface area contributed by atoms with Crippen molar-refractivity contribution in [3.63, 3.8) is 0 Å². The first-order chi connectivity index (χ1) is 9.85. The number of benzene rings is 1. The van der Waals surface area contributed by atoms with Crippen LogP contribution in [0, 0.1) is 0 Å². The van der Waals surface area contributed by atoms with Gasteiger partial charge in [0, 0.05) is 24.8 Å². The van der Waals surface area contributed by atoms with Crippen molar-refractivity contribution >= 4 is 5.69 Å². The smallest absolute Gasteiger partial charge is 0.0418 e. The molecule has 0 radical (unpaired) electrons. The number of hydrogen-bond donors (Lipinski definition) is 2. The van der Waals surface area contributed by atoms with Crippen LogP contribution in [0.1, 0.15) is 63.5 Å². The van der Waals surface area contributed by atoms with Crippen molar-refractivity contribution < 1.29 is 0 Å². The Labute approximate surface area is 124 Å². The summed E-state index contributed by atoms with van der Waals surface area (Å²) in [5, 5.41) is 7.37. The van der Waals surface area contributed by atoms with Crippen LogP contribution < -0.4 is 10.6 Å². The highest BCUT2D eigenvalue weighted by Crippen LogP contribution is 2.26. The number of fused-ring (bicyclic) bond motifs is 1. The summed E-state index contributed by atoms with van der Waals surface area (Å²) in [6.07, 6.45) is 9.00. The van der Waals surface area contributed by atoms with E-state index < -0.39 is 0 Å². The van der Waals surface area contributed by atoms with E-state index in [1.54, 1.807) is 0 Å². The summed E-state index contributed by atoms with van der Waals surface area (Å²) in [5.41, 5.74) is 4.34. The van der Waals surface area contributed by atoms with Crippen molar-refractivity contribution in [2.45, 2.75) is 71.4 Å². The average molecular weight is 274 g/mol. The molecule has 20 heavy (non-hydrogen) atoms. The lowest BCUT2D eigenvalue weighted by atomic mass is 9.98. The highest BCUT2D eigenvalue weighted by atomic mass is 14.9. The van der Waals surface area contributed by atoms with Crippen LogP contribution in [0.15, 0.2) is 18.2 Å². The molecule has 112 valence electrons. The molecule has 0 bridgehead atoms. The molecule has 1 atom stereocenters. The number of anilines is 1. The van der Waals surface area contributed by atoms with Gasteiger partial charge in [-0.1, -0.05) is 51.3 Å². The molecule has 0 fully saturated rings. The van der Waals surface area contributed by atoms with Crippen molar-refractivity contribution in [1.29, 1.82) is 0 Å². The van der Waals surface area contributed by atoms with Gasteiger partial charge in [0.05, 0.1) is 0 Å². The molecule has 2 nitrogen and oxygen atoms in total. The monoisotopic (exact) mass is 274 g/mol. The molecular formula is C18H30N2. The van der Waals surface area contributed by atoms with Crippen molar-refractivity contribution in [3.05, 3.63) is 29.3 Å². The van der Waals surface area contributed by atoms with Gasteiger partial charge in [0.2, 0.25) is 0 Å². The van der Waals surface area contributed by atoms with Gasteiger partial charge < -0.3 is 10.6 Å². The van der Waals surface area contributed by atoms with Gasteiger partial charge >= 0.3 is 0 Å². The van der Waals surface area contributed by atoms with Crippen LogP contribution in [0.3, 0.4) is 0 Å². The Morgan fingerprint density at radius 2 is 2.10 bits per heavy atom. The van der Waals surface area contributed by atoms with Gasteiger partial charge in [-0.2, -0.15) is 0 Å². The van der Waals surface area contributed by atoms with E-state index in [1.807, 2.05) is 0 Å². The molecule has 1 aromatic rings. The number of aryl methyl sites for hydroxylation is 1. The number of hydrogen-bond acceptors (Lipinski definition) is 2. The second kappa shape index (κ2) is 8.31. The van der Waals surface area contributed by atoms with E-state index >= 15 is 0 Å². The molecule has 0 aliphatic carbocycles. The van der Waals surface area contributed by atoms with Gasteiger partial charge in [0.25, 0.3) is 0 Å². The van der Waals surface area contributed by atoms with Gasteiger partial charge in [-0.05, 0) is 36.8 Å². The molecule has 0 saturated carbocycles. The molecule has 1 aliphatic heterocycles. The van der Waals surface area contributed by atoms with Gasteiger partial charge in [0.15, 0.2) is 0 Å². The maximum Gasteiger partial charge on any atom is 0.0418 e. The zero-order valence-electron chi connectivity index (χ0n) is 13.2. The lowest BCUT2D eigenvalue weighted by Crippen LogP contribution is -2.29. The van der Waals surface area contributed by atoms with Crippen LogP contribution in [0.2, 0.25) is 0 Å². The maximum absolute atomic E-state index is 3.78. The molecule has 1 aromatic carbocycles. The molecule has 2 heteroatoms. The molecule has 0 spiro atoms. The summed E-state index contributed by atoms with van der Waals surface area (Å²) in [6, 6.07) is 7.43. The molecule has 1 aliphatic rings. The van der Waals surface area contributed by atoms with E-state index in [2.05, 4.69) is 42.7 Å². The molecule has 1 unspecified atom stereocenters. The molecule has 1 heterocycles. The van der Waals surface area contributed by atoms with E-state index in [0.29, 0.717) is 6.04 Å². The Balaban J connectivity index is 1.95. The van der Waals surface area contributed by atoms with E-state index in [1.165, 1.54) is 61.8 Å². The summed E-state index contributed by atoms with van der Waals surface area (Å²) < 4.78 is 0. The first kappa shape index (κ1) is 15.4. The number of rotatable bonds is 8. The summed E-state index contributed by atoms with van der Waals surface area (Å²) in [7, 11) is 0. The van der Waals surface area contributed by atoms with E-state index in [4.69, 9.17) is 0 Å². The molecule has 0 amide bonds. The molecular weight excluding hydrogens is 244 g/mol. The van der Waals surface area contributed by atoms with E-state index in [-0.39, 0.29) is 0 Å². The number of unbranched alkanes of at least 4 members (excludes halogenated alkanes) is 1. The summed E-state index contributed by atoms with van der Waals surface area (Å²) >= 11 is 0. The topological polar surface area (TPSA) is 24.1 Å². The molecule has 0 aromatic heterocycles. The van der Waals surface area contributed by atoms with Crippen molar-refractivity contribution in [1.82, 2.24) is 5.32 Å². The minimum absolute atomic E-state index is 0.680. The molecule has 2 N–H and O–H groups in total. The minimum atomic E-state index is 0.680. The Bertz CT molecular complexity index is 400. The third-order valence-electron chi connectivity index (χ3n) is 4.29. The summed E-state index contributed by atoms with van der Waals surface area (Å²) in [5.74, 6) is 0. The molecule has 0 saturated heterocycles. The first-order valence-electron chi connectivity index (χ1n) is 8.43. The lowest BCUT2D eigenvalue weighted by Gasteiger charge is -2.23. The van der Waals surface area contributed by atoms with Crippen LogP contribution in [-0.4, -0.2) is 12.6 Å². The highest BCUT2D eigenvalue weighted by molar-refractivity contribution is 5.59. The van der Waals surface area contributed by atoms with Crippen molar-refractivity contribution in [3.8, 4) is 0 Å². The fourth-order valence-corrected chi connectivity index (χ4v) is 3.13. The predicted molar refractivity (Wildman–Crippen MR) is 88.3 cm³/mol. The fourth-order valence-electron chi connectivity index (χ4n) is 3.13. The Morgan fingerprint density at radius 1 is 1.20 bits per heavy atom. The highest BCUT2D eigenvalue weighted by Gasteiger charge is 2.13. The number of para-hydroxylation sites is 1. The average Bonchev–Trinajstić information content (AvgIpc) is 2.50. The van der Waals surface area contributed by atoms with Crippen LogP contribution in [-0.2, 0) is 13.0 Å². The Hall–Kier alpha value is -1.02. The third-order valence-corrected chi connectivity index (χ3v) is 4.29. The van der Waals surface area contributed by atoms with Gasteiger partial charge in [-0.25, -0.2) is 0 Å². The standard InChI is InChI=1S/C18H30N2/c1-3-5-12-17(8-4-2)20-14-16-10-6-9-15-11-7-13-19-18(15)16/h6,9-10,17,19-20H,3-5,7-8,11-14H2,1-2H3. The Morgan fingerprint density at radius 3 is 2.90 bits per heavy atom. The zero-order valence-corrected chi connectivity index (χ0v) is 13.2. The van der Waals surface area contributed by atoms with E-state index in [9.17, 15) is 0 Å². The van der Waals surface area contributed by atoms with Gasteiger partial charge in [0.1, 0.15) is 0 Å². The van der Waals surface area contributed by atoms with Crippen LogP contribution in [0.4, 0.5) is 5.69 Å². The van der Waals surface area contributed by atoms with Gasteiger partial charge in [-0.15, -0.1) is 0 Å². The maximum atomic E-state index is 3.78. The van der Waals surface area contributed by atoms with Crippen molar-refractivity contribution in [2.24, 2.45) is 0 Å². The summed E-state index contributed by atoms with van der Waals surface area (Å²) in [4.78, 5) is 0. The SMILES string of the molecule is CCCCC(CCC)NCc1cccc2c1NCCC2. The normalized spacial score (nSPS) is 15.5. The first-order valence-corrected chi connectivity index (χ1v) is 8.43. The third kappa shape index (κ3) is 4.24. The minimum Gasteiger partial charge on any atom is -0.385 e. The lowest BCUT2D eigenvalue weighted by molar-refractivity contribution is 0.434.